The Morgan fingerprint density at radius 2 is 1.96 bits per heavy atom. The number of carboxylic acid groups (broad SMARTS) is 1. The van der Waals surface area contributed by atoms with Gasteiger partial charge in [-0.1, -0.05) is 12.1 Å². The van der Waals surface area contributed by atoms with E-state index in [1.165, 1.54) is 0 Å². The van der Waals surface area contributed by atoms with Gasteiger partial charge in [0.1, 0.15) is 12.4 Å². The van der Waals surface area contributed by atoms with Crippen molar-refractivity contribution in [2.45, 2.75) is 13.0 Å². The van der Waals surface area contributed by atoms with E-state index in [1.54, 1.807) is 37.4 Å². The summed E-state index contributed by atoms with van der Waals surface area (Å²) in [5, 5.41) is 11.6. The van der Waals surface area contributed by atoms with Crippen molar-refractivity contribution in [1.82, 2.24) is 0 Å². The number of aliphatic carboxylic acids is 1. The summed E-state index contributed by atoms with van der Waals surface area (Å²) < 4.78 is 21.0. The Bertz CT molecular complexity index is 714. The molecule has 0 aliphatic heterocycles. The van der Waals surface area contributed by atoms with Crippen LogP contribution in [0.1, 0.15) is 11.1 Å². The van der Waals surface area contributed by atoms with Crippen molar-refractivity contribution < 1.29 is 19.0 Å². The third-order valence-electron chi connectivity index (χ3n) is 3.13. The minimum Gasteiger partial charge on any atom is -0.486 e. The molecule has 0 atom stereocenters. The Kier molecular flexibility index (Phi) is 6.01. The highest BCUT2D eigenvalue weighted by Gasteiger charge is 2.13. The molecule has 0 fully saturated rings. The number of carbonyl (C=O) groups is 1. The summed E-state index contributed by atoms with van der Waals surface area (Å²) in [5.74, 6) is -0.776. The molecule has 0 amide bonds. The minimum absolute atomic E-state index is 0.0524. The van der Waals surface area contributed by atoms with Crippen LogP contribution < -0.4 is 10.1 Å². The molecule has 2 rings (SSSR count). The van der Waals surface area contributed by atoms with Crippen molar-refractivity contribution in [1.29, 1.82) is 0 Å². The molecule has 0 saturated heterocycles. The lowest BCUT2D eigenvalue weighted by molar-refractivity contribution is -0.136. The van der Waals surface area contributed by atoms with Gasteiger partial charge < -0.3 is 15.2 Å². The highest BCUT2D eigenvalue weighted by atomic mass is 79.9. The first kappa shape index (κ1) is 17.7. The number of hydrogen-bond acceptors (Lipinski definition) is 3. The van der Waals surface area contributed by atoms with Crippen molar-refractivity contribution in [3.8, 4) is 5.75 Å². The first-order valence-electron chi connectivity index (χ1n) is 6.70. The topological polar surface area (TPSA) is 58.6 Å². The van der Waals surface area contributed by atoms with Crippen molar-refractivity contribution in [3.05, 3.63) is 56.2 Å². The van der Waals surface area contributed by atoms with E-state index < -0.39 is 5.97 Å². The minimum atomic E-state index is -0.913. The molecule has 2 aromatic carbocycles. The number of carboxylic acids is 1. The first-order valence-corrected chi connectivity index (χ1v) is 8.28. The Hall–Kier alpha value is -1.60. The van der Waals surface area contributed by atoms with Crippen LogP contribution in [0.3, 0.4) is 0 Å². The number of benzene rings is 2. The molecule has 23 heavy (non-hydrogen) atoms. The second-order valence-corrected chi connectivity index (χ2v) is 6.49. The third-order valence-corrected chi connectivity index (χ3v) is 4.31. The van der Waals surface area contributed by atoms with Crippen LogP contribution in [-0.2, 0) is 17.8 Å². The van der Waals surface area contributed by atoms with Crippen LogP contribution in [0.5, 0.6) is 5.75 Å². The molecular formula is C16H14Br2FNO3. The Morgan fingerprint density at radius 1 is 1.30 bits per heavy atom. The largest absolute Gasteiger partial charge is 0.486 e. The van der Waals surface area contributed by atoms with E-state index in [4.69, 9.17) is 9.84 Å². The van der Waals surface area contributed by atoms with Crippen molar-refractivity contribution >= 4 is 43.5 Å². The van der Waals surface area contributed by atoms with Crippen molar-refractivity contribution in [2.24, 2.45) is 0 Å². The van der Waals surface area contributed by atoms with Gasteiger partial charge in [-0.15, -0.1) is 0 Å². The molecule has 2 aromatic rings. The lowest BCUT2D eigenvalue weighted by Gasteiger charge is -2.13. The van der Waals surface area contributed by atoms with E-state index in [9.17, 15) is 9.18 Å². The van der Waals surface area contributed by atoms with Crippen LogP contribution in [0, 0.1) is 5.82 Å². The molecule has 0 unspecified atom stereocenters. The smallest absolute Gasteiger partial charge is 0.307 e. The average Bonchev–Trinajstić information content (AvgIpc) is 2.47. The fraction of sp³-hybridized carbons (Fsp3) is 0.188. The summed E-state index contributed by atoms with van der Waals surface area (Å²) in [7, 11) is 1.65. The third kappa shape index (κ3) is 4.45. The van der Waals surface area contributed by atoms with Gasteiger partial charge in [-0.05, 0) is 55.6 Å². The van der Waals surface area contributed by atoms with Gasteiger partial charge in [-0.2, -0.15) is 0 Å². The van der Waals surface area contributed by atoms with Gasteiger partial charge >= 0.3 is 5.97 Å². The summed E-state index contributed by atoms with van der Waals surface area (Å²) in [5.41, 5.74) is 1.46. The van der Waals surface area contributed by atoms with Gasteiger partial charge in [0.25, 0.3) is 0 Å². The van der Waals surface area contributed by atoms with Gasteiger partial charge in [0, 0.05) is 12.6 Å². The molecule has 0 bridgehead atoms. The Morgan fingerprint density at radius 3 is 2.52 bits per heavy atom. The molecule has 0 heterocycles. The van der Waals surface area contributed by atoms with Crippen LogP contribution in [-0.4, -0.2) is 18.1 Å². The Labute approximate surface area is 149 Å². The molecule has 0 spiro atoms. The predicted molar refractivity (Wildman–Crippen MR) is 93.5 cm³/mol. The molecule has 0 aliphatic carbocycles. The van der Waals surface area contributed by atoms with Gasteiger partial charge in [0.15, 0.2) is 5.82 Å². The monoisotopic (exact) mass is 445 g/mol. The summed E-state index contributed by atoms with van der Waals surface area (Å²) in [6.45, 7) is 0.0524. The van der Waals surface area contributed by atoms with E-state index in [1.807, 2.05) is 0 Å². The molecular weight excluding hydrogens is 433 g/mol. The zero-order valence-electron chi connectivity index (χ0n) is 12.2. The highest BCUT2D eigenvalue weighted by Crippen LogP contribution is 2.35. The second kappa shape index (κ2) is 7.79. The molecule has 0 radical (unpaired) electrons. The fourth-order valence-electron chi connectivity index (χ4n) is 2.06. The maximum Gasteiger partial charge on any atom is 0.307 e. The predicted octanol–water partition coefficient (Wildman–Crippen LogP) is 4.60. The number of ether oxygens (including phenoxy) is 1. The zero-order chi connectivity index (χ0) is 17.0. The standard InChI is InChI=1S/C16H14Br2FNO3/c1-20-13-4-2-3-10(15(13)19)8-23-16-11(17)5-9(6-12(16)18)7-14(21)22/h2-6,20H,7-8H2,1H3,(H,21,22). The number of halogens is 3. The quantitative estimate of drug-likeness (QED) is 0.680. The van der Waals surface area contributed by atoms with Gasteiger partial charge in [0.2, 0.25) is 0 Å². The molecule has 122 valence electrons. The maximum atomic E-state index is 14.2. The van der Waals surface area contributed by atoms with E-state index in [0.717, 1.165) is 0 Å². The van der Waals surface area contributed by atoms with E-state index >= 15 is 0 Å². The van der Waals surface area contributed by atoms with Gasteiger partial charge in [-0.25, -0.2) is 4.39 Å². The van der Waals surface area contributed by atoms with E-state index in [2.05, 4.69) is 37.2 Å². The molecule has 4 nitrogen and oxygen atoms in total. The van der Waals surface area contributed by atoms with Crippen LogP contribution in [0.15, 0.2) is 39.3 Å². The van der Waals surface area contributed by atoms with Crippen LogP contribution in [0.2, 0.25) is 0 Å². The summed E-state index contributed by atoms with van der Waals surface area (Å²) in [6.07, 6.45) is -0.0870. The van der Waals surface area contributed by atoms with Gasteiger partial charge in [-0.3, -0.25) is 4.79 Å². The highest BCUT2D eigenvalue weighted by molar-refractivity contribution is 9.11. The molecule has 0 aliphatic rings. The maximum absolute atomic E-state index is 14.2. The fourth-order valence-corrected chi connectivity index (χ4v) is 3.57. The van der Waals surface area contributed by atoms with Crippen molar-refractivity contribution in [3.63, 3.8) is 0 Å². The SMILES string of the molecule is CNc1cccc(COc2c(Br)cc(CC(=O)O)cc2Br)c1F. The zero-order valence-corrected chi connectivity index (χ0v) is 15.4. The van der Waals surface area contributed by atoms with Crippen LogP contribution in [0.25, 0.3) is 0 Å². The average molecular weight is 447 g/mol. The van der Waals surface area contributed by atoms with Crippen LogP contribution >= 0.6 is 31.9 Å². The van der Waals surface area contributed by atoms with E-state index in [0.29, 0.717) is 31.5 Å². The number of nitrogens with one attached hydrogen (secondary N) is 1. The second-order valence-electron chi connectivity index (χ2n) is 4.78. The number of rotatable bonds is 6. The number of anilines is 1. The molecule has 7 heteroatoms. The van der Waals surface area contributed by atoms with Gasteiger partial charge in [0.05, 0.1) is 21.1 Å². The number of hydrogen-bond donors (Lipinski definition) is 2. The molecule has 0 saturated carbocycles. The van der Waals surface area contributed by atoms with Crippen molar-refractivity contribution in [2.75, 3.05) is 12.4 Å². The van der Waals surface area contributed by atoms with E-state index in [-0.39, 0.29) is 18.8 Å². The normalized spacial score (nSPS) is 10.4. The molecule has 0 aromatic heterocycles. The Balaban J connectivity index is 2.19. The summed E-state index contributed by atoms with van der Waals surface area (Å²) in [4.78, 5) is 10.8. The summed E-state index contributed by atoms with van der Waals surface area (Å²) >= 11 is 6.71. The lowest BCUT2D eigenvalue weighted by atomic mass is 10.1. The molecule has 2 N–H and O–H groups in total. The summed E-state index contributed by atoms with van der Waals surface area (Å²) in [6, 6.07) is 8.39. The van der Waals surface area contributed by atoms with Crippen LogP contribution in [0.4, 0.5) is 10.1 Å². The first-order chi connectivity index (χ1) is 10.9. The lowest BCUT2D eigenvalue weighted by Crippen LogP contribution is -2.04.